The van der Waals surface area contributed by atoms with Crippen molar-refractivity contribution in [2.24, 2.45) is 0 Å². The van der Waals surface area contributed by atoms with Crippen LogP contribution in [0.1, 0.15) is 41.4 Å². The van der Waals surface area contributed by atoms with Gasteiger partial charge in [0.05, 0.1) is 0 Å². The first-order valence-corrected chi connectivity index (χ1v) is 7.97. The van der Waals surface area contributed by atoms with E-state index in [1.807, 2.05) is 56.1 Å². The van der Waals surface area contributed by atoms with Gasteiger partial charge in [0.25, 0.3) is 0 Å². The molecule has 0 bridgehead atoms. The normalized spacial score (nSPS) is 23.8. The highest BCUT2D eigenvalue weighted by atomic mass is 16.5. The van der Waals surface area contributed by atoms with Crippen molar-refractivity contribution in [3.05, 3.63) is 71.3 Å². The Hall–Kier alpha value is -1.97. The van der Waals surface area contributed by atoms with Gasteiger partial charge < -0.3 is 4.74 Å². The highest BCUT2D eigenvalue weighted by Crippen LogP contribution is 2.41. The van der Waals surface area contributed by atoms with E-state index >= 15 is 0 Å². The SMILES string of the molecule is Cc1ccc([C@H]2OC(C)(C)N(C)[C@H]2C(=O)c2ccccc2)cc1. The largest absolute Gasteiger partial charge is 0.351 e. The Morgan fingerprint density at radius 3 is 2.26 bits per heavy atom. The Kier molecular flexibility index (Phi) is 4.09. The number of benzene rings is 2. The highest BCUT2D eigenvalue weighted by molar-refractivity contribution is 6.00. The van der Waals surface area contributed by atoms with E-state index in [9.17, 15) is 4.79 Å². The van der Waals surface area contributed by atoms with Gasteiger partial charge in [-0.2, -0.15) is 0 Å². The smallest absolute Gasteiger partial charge is 0.183 e. The number of nitrogens with zero attached hydrogens (tertiary/aromatic N) is 1. The van der Waals surface area contributed by atoms with E-state index in [4.69, 9.17) is 4.74 Å². The number of hydrogen-bond donors (Lipinski definition) is 0. The molecule has 2 atom stereocenters. The molecule has 1 saturated heterocycles. The van der Waals surface area contributed by atoms with E-state index in [1.54, 1.807) is 0 Å². The number of likely N-dealkylation sites (N-methyl/N-ethyl adjacent to an activating group) is 1. The number of ketones is 1. The first-order chi connectivity index (χ1) is 10.9. The Labute approximate surface area is 137 Å². The molecule has 0 spiro atoms. The van der Waals surface area contributed by atoms with Crippen LogP contribution in [-0.2, 0) is 4.74 Å². The number of hydrogen-bond acceptors (Lipinski definition) is 3. The lowest BCUT2D eigenvalue weighted by atomic mass is 9.94. The van der Waals surface area contributed by atoms with Crippen LogP contribution < -0.4 is 0 Å². The summed E-state index contributed by atoms with van der Waals surface area (Å²) in [5, 5.41) is 0. The van der Waals surface area contributed by atoms with E-state index in [1.165, 1.54) is 5.56 Å². The molecule has 0 N–H and O–H groups in total. The molecular weight excluding hydrogens is 286 g/mol. The number of carbonyl (C=O) groups excluding carboxylic acids is 1. The maximum Gasteiger partial charge on any atom is 0.183 e. The van der Waals surface area contributed by atoms with Crippen LogP contribution in [0.4, 0.5) is 0 Å². The molecule has 0 radical (unpaired) electrons. The molecule has 2 aromatic rings. The molecule has 1 heterocycles. The molecule has 2 aromatic carbocycles. The van der Waals surface area contributed by atoms with Gasteiger partial charge in [0.2, 0.25) is 0 Å². The van der Waals surface area contributed by atoms with Crippen LogP contribution in [0.3, 0.4) is 0 Å². The van der Waals surface area contributed by atoms with Crippen molar-refractivity contribution < 1.29 is 9.53 Å². The Bertz CT molecular complexity index is 691. The van der Waals surface area contributed by atoms with Gasteiger partial charge in [-0.15, -0.1) is 0 Å². The summed E-state index contributed by atoms with van der Waals surface area (Å²) in [6.45, 7) is 6.07. The van der Waals surface area contributed by atoms with Crippen molar-refractivity contribution in [2.45, 2.75) is 38.6 Å². The van der Waals surface area contributed by atoms with Crippen molar-refractivity contribution in [1.29, 1.82) is 0 Å². The minimum absolute atomic E-state index is 0.101. The van der Waals surface area contributed by atoms with Gasteiger partial charge in [-0.1, -0.05) is 60.2 Å². The predicted octanol–water partition coefficient (Wildman–Crippen LogP) is 3.99. The number of ether oxygens (including phenoxy) is 1. The third-order valence-electron chi connectivity index (χ3n) is 4.70. The van der Waals surface area contributed by atoms with Crippen molar-refractivity contribution in [3.63, 3.8) is 0 Å². The fraction of sp³-hybridized carbons (Fsp3) is 0.350. The third kappa shape index (κ3) is 2.94. The summed E-state index contributed by atoms with van der Waals surface area (Å²) in [5.74, 6) is 0.101. The van der Waals surface area contributed by atoms with Gasteiger partial charge in [0, 0.05) is 5.56 Å². The molecule has 120 valence electrons. The van der Waals surface area contributed by atoms with Gasteiger partial charge in [-0.3, -0.25) is 9.69 Å². The zero-order chi connectivity index (χ0) is 16.6. The molecule has 1 fully saturated rings. The molecule has 0 amide bonds. The monoisotopic (exact) mass is 309 g/mol. The average Bonchev–Trinajstić information content (AvgIpc) is 2.78. The van der Waals surface area contributed by atoms with E-state index in [2.05, 4.69) is 31.2 Å². The standard InChI is InChI=1S/C20H23NO2/c1-14-10-12-16(13-11-14)19-17(21(4)20(2,3)23-19)18(22)15-8-6-5-7-9-15/h5-13,17,19H,1-4H3/t17-,19+/m0/s1. The molecule has 1 aliphatic rings. The first kappa shape index (κ1) is 15.9. The molecule has 1 aliphatic heterocycles. The minimum atomic E-state index is -0.481. The molecule has 3 heteroatoms. The van der Waals surface area contributed by atoms with Crippen LogP contribution >= 0.6 is 0 Å². The van der Waals surface area contributed by atoms with Crippen LogP contribution in [-0.4, -0.2) is 29.5 Å². The first-order valence-electron chi connectivity index (χ1n) is 7.97. The second kappa shape index (κ2) is 5.91. The van der Waals surface area contributed by atoms with Crippen LogP contribution in [0, 0.1) is 6.92 Å². The molecule has 0 saturated carbocycles. The number of Topliss-reactive ketones (excluding diaryl/α,β-unsaturated/α-hetero) is 1. The number of rotatable bonds is 3. The van der Waals surface area contributed by atoms with Crippen molar-refractivity contribution in [1.82, 2.24) is 4.90 Å². The van der Waals surface area contributed by atoms with E-state index in [-0.39, 0.29) is 17.9 Å². The molecule has 0 aromatic heterocycles. The Morgan fingerprint density at radius 1 is 1.04 bits per heavy atom. The molecule has 3 nitrogen and oxygen atoms in total. The highest BCUT2D eigenvalue weighted by Gasteiger charge is 2.49. The van der Waals surface area contributed by atoms with Crippen LogP contribution in [0.25, 0.3) is 0 Å². The summed E-state index contributed by atoms with van der Waals surface area (Å²) >= 11 is 0. The Morgan fingerprint density at radius 2 is 1.65 bits per heavy atom. The zero-order valence-corrected chi connectivity index (χ0v) is 14.1. The van der Waals surface area contributed by atoms with Gasteiger partial charge in [0.1, 0.15) is 17.9 Å². The summed E-state index contributed by atoms with van der Waals surface area (Å²) < 4.78 is 6.25. The topological polar surface area (TPSA) is 29.5 Å². The van der Waals surface area contributed by atoms with Crippen LogP contribution in [0.2, 0.25) is 0 Å². The summed E-state index contributed by atoms with van der Waals surface area (Å²) in [7, 11) is 1.96. The predicted molar refractivity (Wildman–Crippen MR) is 91.4 cm³/mol. The van der Waals surface area contributed by atoms with Crippen molar-refractivity contribution >= 4 is 5.78 Å². The lowest BCUT2D eigenvalue weighted by molar-refractivity contribution is -0.0683. The van der Waals surface area contributed by atoms with Crippen LogP contribution in [0.5, 0.6) is 0 Å². The number of aryl methyl sites for hydroxylation is 1. The van der Waals surface area contributed by atoms with Crippen molar-refractivity contribution in [3.8, 4) is 0 Å². The van der Waals surface area contributed by atoms with E-state index < -0.39 is 5.72 Å². The van der Waals surface area contributed by atoms with Crippen molar-refractivity contribution in [2.75, 3.05) is 7.05 Å². The van der Waals surface area contributed by atoms with E-state index in [0.717, 1.165) is 11.1 Å². The fourth-order valence-corrected chi connectivity index (χ4v) is 3.09. The second-order valence-electron chi connectivity index (χ2n) is 6.68. The van der Waals surface area contributed by atoms with Crippen LogP contribution in [0.15, 0.2) is 54.6 Å². The summed E-state index contributed by atoms with van der Waals surface area (Å²) in [6.07, 6.45) is -0.261. The summed E-state index contributed by atoms with van der Waals surface area (Å²) in [4.78, 5) is 15.1. The fourth-order valence-electron chi connectivity index (χ4n) is 3.09. The zero-order valence-electron chi connectivity index (χ0n) is 14.1. The molecule has 0 aliphatic carbocycles. The maximum absolute atomic E-state index is 13.1. The van der Waals surface area contributed by atoms with Gasteiger partial charge in [0.15, 0.2) is 5.78 Å². The minimum Gasteiger partial charge on any atom is -0.351 e. The second-order valence-corrected chi connectivity index (χ2v) is 6.68. The van der Waals surface area contributed by atoms with E-state index in [0.29, 0.717) is 0 Å². The molecule has 23 heavy (non-hydrogen) atoms. The maximum atomic E-state index is 13.1. The molecule has 0 unspecified atom stereocenters. The quantitative estimate of drug-likeness (QED) is 0.803. The number of carbonyl (C=O) groups is 1. The van der Waals surface area contributed by atoms with Gasteiger partial charge in [-0.25, -0.2) is 0 Å². The Balaban J connectivity index is 2.00. The third-order valence-corrected chi connectivity index (χ3v) is 4.70. The summed E-state index contributed by atoms with van der Waals surface area (Å²) in [5.41, 5.74) is 2.49. The molecular formula is C20H23NO2. The lowest BCUT2D eigenvalue weighted by Gasteiger charge is -2.28. The average molecular weight is 309 g/mol. The summed E-state index contributed by atoms with van der Waals surface area (Å²) in [6, 6.07) is 17.4. The molecule has 3 rings (SSSR count). The van der Waals surface area contributed by atoms with Gasteiger partial charge >= 0.3 is 0 Å². The lowest BCUT2D eigenvalue weighted by Crippen LogP contribution is -2.44. The van der Waals surface area contributed by atoms with Gasteiger partial charge in [-0.05, 0) is 33.4 Å².